The van der Waals surface area contributed by atoms with E-state index in [9.17, 15) is 4.39 Å². The minimum atomic E-state index is -0.114. The smallest absolute Gasteiger partial charge is 0.127 e. The lowest BCUT2D eigenvalue weighted by Crippen LogP contribution is -2.34. The van der Waals surface area contributed by atoms with Crippen molar-refractivity contribution in [3.05, 3.63) is 59.4 Å². The van der Waals surface area contributed by atoms with E-state index in [1.807, 2.05) is 30.3 Å². The van der Waals surface area contributed by atoms with Crippen LogP contribution in [-0.2, 0) is 17.9 Å². The van der Waals surface area contributed by atoms with Crippen molar-refractivity contribution in [1.29, 1.82) is 0 Å². The Morgan fingerprint density at radius 3 is 2.30 bits per heavy atom. The second kappa shape index (κ2) is 9.72. The van der Waals surface area contributed by atoms with Crippen molar-refractivity contribution in [3.63, 3.8) is 0 Å². The van der Waals surface area contributed by atoms with Crippen LogP contribution in [-0.4, -0.2) is 38.8 Å². The van der Waals surface area contributed by atoms with Crippen molar-refractivity contribution in [1.82, 2.24) is 4.90 Å². The third-order valence-electron chi connectivity index (χ3n) is 5.09. The van der Waals surface area contributed by atoms with Gasteiger partial charge in [-0.25, -0.2) is 4.39 Å². The number of hydrogen-bond acceptors (Lipinski definition) is 4. The average molecular weight is 373 g/mol. The quantitative estimate of drug-likeness (QED) is 0.691. The minimum absolute atomic E-state index is 0.114. The number of benzene rings is 2. The van der Waals surface area contributed by atoms with E-state index in [1.54, 1.807) is 20.3 Å². The number of halogens is 1. The zero-order valence-corrected chi connectivity index (χ0v) is 16.1. The SMILES string of the molecule is COc1cc(COCC2CCN(Cc3ccccc3F)CC2)cc(OC)c1. The molecule has 3 rings (SSSR count). The molecule has 2 aromatic carbocycles. The molecule has 1 aliphatic rings. The van der Waals surface area contributed by atoms with Gasteiger partial charge in [0.2, 0.25) is 0 Å². The lowest BCUT2D eigenvalue weighted by molar-refractivity contribution is 0.0559. The summed E-state index contributed by atoms with van der Waals surface area (Å²) in [5, 5.41) is 0. The second-order valence-electron chi connectivity index (χ2n) is 7.05. The Morgan fingerprint density at radius 1 is 1.00 bits per heavy atom. The second-order valence-corrected chi connectivity index (χ2v) is 7.05. The predicted molar refractivity (Wildman–Crippen MR) is 104 cm³/mol. The molecule has 5 heteroatoms. The van der Waals surface area contributed by atoms with Crippen LogP contribution in [0.3, 0.4) is 0 Å². The number of ether oxygens (including phenoxy) is 3. The van der Waals surface area contributed by atoms with E-state index >= 15 is 0 Å². The van der Waals surface area contributed by atoms with Crippen molar-refractivity contribution >= 4 is 0 Å². The number of rotatable bonds is 8. The normalized spacial score (nSPS) is 15.7. The summed E-state index contributed by atoms with van der Waals surface area (Å²) in [5.74, 6) is 1.98. The highest BCUT2D eigenvalue weighted by Crippen LogP contribution is 2.24. The summed E-state index contributed by atoms with van der Waals surface area (Å²) in [4.78, 5) is 2.32. The fourth-order valence-corrected chi connectivity index (χ4v) is 3.47. The van der Waals surface area contributed by atoms with Crippen molar-refractivity contribution in [2.24, 2.45) is 5.92 Å². The van der Waals surface area contributed by atoms with Crippen LogP contribution in [0.5, 0.6) is 11.5 Å². The molecule has 146 valence electrons. The van der Waals surface area contributed by atoms with E-state index in [0.717, 1.165) is 55.2 Å². The third kappa shape index (κ3) is 5.68. The largest absolute Gasteiger partial charge is 0.497 e. The van der Waals surface area contributed by atoms with Gasteiger partial charge >= 0.3 is 0 Å². The number of hydrogen-bond donors (Lipinski definition) is 0. The molecule has 0 atom stereocenters. The summed E-state index contributed by atoms with van der Waals surface area (Å²) in [6.07, 6.45) is 2.16. The molecule has 2 aromatic rings. The number of methoxy groups -OCH3 is 2. The molecule has 0 N–H and O–H groups in total. The standard InChI is InChI=1S/C22H28FNO3/c1-25-20-11-18(12-21(13-20)26-2)16-27-15-17-7-9-24(10-8-17)14-19-5-3-4-6-22(19)23/h3-6,11-13,17H,7-10,14-16H2,1-2H3. The van der Waals surface area contributed by atoms with Gasteiger partial charge in [0, 0.05) is 24.8 Å². The van der Waals surface area contributed by atoms with Crippen LogP contribution >= 0.6 is 0 Å². The Kier molecular flexibility index (Phi) is 7.07. The van der Waals surface area contributed by atoms with E-state index in [2.05, 4.69) is 4.90 Å². The zero-order chi connectivity index (χ0) is 19.1. The van der Waals surface area contributed by atoms with E-state index in [1.165, 1.54) is 6.07 Å². The molecule has 0 aliphatic carbocycles. The Balaban J connectivity index is 1.42. The van der Waals surface area contributed by atoms with Crippen LogP contribution in [0.25, 0.3) is 0 Å². The predicted octanol–water partition coefficient (Wildman–Crippen LogP) is 4.27. The van der Waals surface area contributed by atoms with E-state index in [-0.39, 0.29) is 5.82 Å². The molecule has 0 radical (unpaired) electrons. The van der Waals surface area contributed by atoms with Crippen LogP contribution in [0.1, 0.15) is 24.0 Å². The maximum atomic E-state index is 13.8. The molecule has 0 unspecified atom stereocenters. The molecule has 27 heavy (non-hydrogen) atoms. The molecule has 4 nitrogen and oxygen atoms in total. The Morgan fingerprint density at radius 2 is 1.67 bits per heavy atom. The van der Waals surface area contributed by atoms with E-state index < -0.39 is 0 Å². The van der Waals surface area contributed by atoms with Gasteiger partial charge in [-0.1, -0.05) is 18.2 Å². The summed E-state index contributed by atoms with van der Waals surface area (Å²) < 4.78 is 30.3. The van der Waals surface area contributed by atoms with Gasteiger partial charge in [-0.05, 0) is 55.6 Å². The summed E-state index contributed by atoms with van der Waals surface area (Å²) in [7, 11) is 3.29. The maximum Gasteiger partial charge on any atom is 0.127 e. The first-order valence-corrected chi connectivity index (χ1v) is 9.43. The number of likely N-dealkylation sites (tertiary alicyclic amines) is 1. The fraction of sp³-hybridized carbons (Fsp3) is 0.455. The highest BCUT2D eigenvalue weighted by Gasteiger charge is 2.20. The molecule has 0 bridgehead atoms. The molecular weight excluding hydrogens is 345 g/mol. The van der Waals surface area contributed by atoms with Crippen LogP contribution in [0.4, 0.5) is 4.39 Å². The number of nitrogens with zero attached hydrogens (tertiary/aromatic N) is 1. The van der Waals surface area contributed by atoms with E-state index in [4.69, 9.17) is 14.2 Å². The number of piperidine rings is 1. The first-order valence-electron chi connectivity index (χ1n) is 9.43. The van der Waals surface area contributed by atoms with Crippen LogP contribution in [0.15, 0.2) is 42.5 Å². The van der Waals surface area contributed by atoms with Gasteiger partial charge in [-0.15, -0.1) is 0 Å². The molecular formula is C22H28FNO3. The lowest BCUT2D eigenvalue weighted by Gasteiger charge is -2.31. The third-order valence-corrected chi connectivity index (χ3v) is 5.09. The monoisotopic (exact) mass is 373 g/mol. The Bertz CT molecular complexity index is 707. The minimum Gasteiger partial charge on any atom is -0.497 e. The topological polar surface area (TPSA) is 30.9 Å². The van der Waals surface area contributed by atoms with Gasteiger partial charge in [-0.2, -0.15) is 0 Å². The summed E-state index contributed by atoms with van der Waals surface area (Å²) >= 11 is 0. The van der Waals surface area contributed by atoms with Gasteiger partial charge in [0.25, 0.3) is 0 Å². The van der Waals surface area contributed by atoms with Crippen molar-refractivity contribution in [2.45, 2.75) is 26.0 Å². The highest BCUT2D eigenvalue weighted by atomic mass is 19.1. The van der Waals surface area contributed by atoms with E-state index in [0.29, 0.717) is 19.1 Å². The van der Waals surface area contributed by atoms with Crippen molar-refractivity contribution in [3.8, 4) is 11.5 Å². The fourth-order valence-electron chi connectivity index (χ4n) is 3.47. The van der Waals surface area contributed by atoms with Gasteiger partial charge in [-0.3, -0.25) is 4.90 Å². The Hall–Kier alpha value is -2.11. The lowest BCUT2D eigenvalue weighted by atomic mass is 9.97. The molecule has 1 saturated heterocycles. The summed E-state index contributed by atoms with van der Waals surface area (Å²) in [6, 6.07) is 12.8. The molecule has 0 saturated carbocycles. The average Bonchev–Trinajstić information content (AvgIpc) is 2.70. The van der Waals surface area contributed by atoms with Crippen LogP contribution in [0, 0.1) is 11.7 Å². The highest BCUT2D eigenvalue weighted by molar-refractivity contribution is 5.38. The summed E-state index contributed by atoms with van der Waals surface area (Å²) in [6.45, 7) is 3.94. The van der Waals surface area contributed by atoms with Crippen LogP contribution < -0.4 is 9.47 Å². The molecule has 1 aliphatic heterocycles. The first kappa shape index (κ1) is 19.6. The molecule has 1 heterocycles. The zero-order valence-electron chi connectivity index (χ0n) is 16.1. The molecule has 0 aromatic heterocycles. The van der Waals surface area contributed by atoms with Crippen molar-refractivity contribution in [2.75, 3.05) is 33.9 Å². The van der Waals surface area contributed by atoms with Gasteiger partial charge in [0.15, 0.2) is 0 Å². The van der Waals surface area contributed by atoms with Gasteiger partial charge in [0.1, 0.15) is 17.3 Å². The summed E-state index contributed by atoms with van der Waals surface area (Å²) in [5.41, 5.74) is 1.82. The van der Waals surface area contributed by atoms with Gasteiger partial charge < -0.3 is 14.2 Å². The Labute approximate surface area is 160 Å². The van der Waals surface area contributed by atoms with Crippen molar-refractivity contribution < 1.29 is 18.6 Å². The molecule has 1 fully saturated rings. The van der Waals surface area contributed by atoms with Gasteiger partial charge in [0.05, 0.1) is 20.8 Å². The molecule has 0 spiro atoms. The van der Waals surface area contributed by atoms with Crippen LogP contribution in [0.2, 0.25) is 0 Å². The molecule has 0 amide bonds. The first-order chi connectivity index (χ1) is 13.2. The maximum absolute atomic E-state index is 13.8.